The van der Waals surface area contributed by atoms with Crippen molar-refractivity contribution in [1.29, 1.82) is 0 Å². The first kappa shape index (κ1) is 19.9. The number of benzene rings is 1. The van der Waals surface area contributed by atoms with Gasteiger partial charge in [0.2, 0.25) is 0 Å². The van der Waals surface area contributed by atoms with E-state index in [0.717, 1.165) is 29.8 Å². The van der Waals surface area contributed by atoms with Crippen LogP contribution in [-0.2, 0) is 9.53 Å². The molecule has 7 heteroatoms. The summed E-state index contributed by atoms with van der Waals surface area (Å²) in [7, 11) is 0. The first-order valence-electron chi connectivity index (χ1n) is 8.59. The van der Waals surface area contributed by atoms with Crippen LogP contribution in [0.2, 0.25) is 0 Å². The third-order valence-electron chi connectivity index (χ3n) is 3.79. The number of ether oxygens (including phenoxy) is 1. The van der Waals surface area contributed by atoms with E-state index in [1.54, 1.807) is 5.38 Å². The Kier molecular flexibility index (Phi) is 7.15. The first-order chi connectivity index (χ1) is 12.4. The molecule has 0 aliphatic carbocycles. The maximum absolute atomic E-state index is 12.0. The van der Waals surface area contributed by atoms with Gasteiger partial charge in [-0.2, -0.15) is 0 Å². The standard InChI is InChI=1S/C19H25N3O3S/c1-12(2)8-9-20-19-21-15(11-26-19)18(24)25-10-16(23)22-17-13(3)6-5-7-14(17)4/h5-7,11-12H,8-10H2,1-4H3,(H,20,21)(H,22,23). The van der Waals surface area contributed by atoms with Crippen molar-refractivity contribution >= 4 is 34.0 Å². The molecule has 0 unspecified atom stereocenters. The van der Waals surface area contributed by atoms with E-state index in [9.17, 15) is 9.59 Å². The molecule has 2 rings (SSSR count). The van der Waals surface area contributed by atoms with Crippen LogP contribution in [0.1, 0.15) is 41.9 Å². The lowest BCUT2D eigenvalue weighted by atomic mass is 10.1. The number of aryl methyl sites for hydroxylation is 2. The Morgan fingerprint density at radius 1 is 1.23 bits per heavy atom. The van der Waals surface area contributed by atoms with E-state index >= 15 is 0 Å². The SMILES string of the molecule is Cc1cccc(C)c1NC(=O)COC(=O)c1csc(NCCC(C)C)n1. The van der Waals surface area contributed by atoms with Crippen LogP contribution in [-0.4, -0.2) is 30.0 Å². The van der Waals surface area contributed by atoms with Crippen LogP contribution in [0, 0.1) is 19.8 Å². The molecule has 2 aromatic rings. The number of hydrogen-bond donors (Lipinski definition) is 2. The Labute approximate surface area is 158 Å². The van der Waals surface area contributed by atoms with Crippen molar-refractivity contribution in [2.45, 2.75) is 34.1 Å². The molecule has 1 aromatic heterocycles. The van der Waals surface area contributed by atoms with Crippen LogP contribution in [0.3, 0.4) is 0 Å². The summed E-state index contributed by atoms with van der Waals surface area (Å²) in [4.78, 5) is 28.3. The number of para-hydroxylation sites is 1. The topological polar surface area (TPSA) is 80.3 Å². The van der Waals surface area contributed by atoms with E-state index in [1.807, 2.05) is 32.0 Å². The molecule has 140 valence electrons. The van der Waals surface area contributed by atoms with Crippen molar-refractivity contribution in [2.75, 3.05) is 23.8 Å². The van der Waals surface area contributed by atoms with Gasteiger partial charge in [-0.25, -0.2) is 9.78 Å². The minimum absolute atomic E-state index is 0.210. The number of rotatable bonds is 8. The largest absolute Gasteiger partial charge is 0.451 e. The second kappa shape index (κ2) is 9.33. The number of esters is 1. The Hall–Kier alpha value is -2.41. The Balaban J connectivity index is 1.83. The zero-order valence-corrected chi connectivity index (χ0v) is 16.4. The molecule has 0 radical (unpaired) electrons. The Morgan fingerprint density at radius 2 is 1.92 bits per heavy atom. The highest BCUT2D eigenvalue weighted by molar-refractivity contribution is 7.13. The zero-order chi connectivity index (χ0) is 19.1. The van der Waals surface area contributed by atoms with Gasteiger partial charge in [0.25, 0.3) is 5.91 Å². The summed E-state index contributed by atoms with van der Waals surface area (Å²) in [5.74, 6) is -0.377. The molecule has 6 nitrogen and oxygen atoms in total. The number of amides is 1. The van der Waals surface area contributed by atoms with E-state index in [2.05, 4.69) is 29.5 Å². The number of nitrogens with one attached hydrogen (secondary N) is 2. The van der Waals surface area contributed by atoms with Crippen LogP contribution in [0.15, 0.2) is 23.6 Å². The minimum atomic E-state index is -0.602. The maximum atomic E-state index is 12.0. The molecule has 0 bridgehead atoms. The molecule has 2 N–H and O–H groups in total. The van der Waals surface area contributed by atoms with Gasteiger partial charge in [0, 0.05) is 17.6 Å². The third kappa shape index (κ3) is 5.84. The van der Waals surface area contributed by atoms with Crippen LogP contribution in [0.4, 0.5) is 10.8 Å². The second-order valence-corrected chi connectivity index (χ2v) is 7.40. The average Bonchev–Trinajstić information content (AvgIpc) is 3.05. The van der Waals surface area contributed by atoms with Crippen molar-refractivity contribution < 1.29 is 14.3 Å². The summed E-state index contributed by atoms with van der Waals surface area (Å²) >= 11 is 1.35. The molecule has 1 amide bonds. The number of carbonyl (C=O) groups excluding carboxylic acids is 2. The van der Waals surface area contributed by atoms with Crippen LogP contribution < -0.4 is 10.6 Å². The summed E-state index contributed by atoms with van der Waals surface area (Å²) in [6.07, 6.45) is 1.03. The van der Waals surface area contributed by atoms with Gasteiger partial charge in [0.05, 0.1) is 0 Å². The highest BCUT2D eigenvalue weighted by Gasteiger charge is 2.15. The number of aromatic nitrogens is 1. The first-order valence-corrected chi connectivity index (χ1v) is 9.47. The monoisotopic (exact) mass is 375 g/mol. The summed E-state index contributed by atoms with van der Waals surface area (Å²) in [5.41, 5.74) is 2.88. The molecule has 0 spiro atoms. The molecule has 0 atom stereocenters. The molecule has 0 saturated heterocycles. The van der Waals surface area contributed by atoms with E-state index in [4.69, 9.17) is 4.74 Å². The fraction of sp³-hybridized carbons (Fsp3) is 0.421. The van der Waals surface area contributed by atoms with Gasteiger partial charge in [-0.15, -0.1) is 11.3 Å². The summed E-state index contributed by atoms with van der Waals surface area (Å²) in [6.45, 7) is 8.58. The quantitative estimate of drug-likeness (QED) is 0.681. The number of thiazole rings is 1. The van der Waals surface area contributed by atoms with Gasteiger partial charge < -0.3 is 15.4 Å². The van der Waals surface area contributed by atoms with Gasteiger partial charge in [0.1, 0.15) is 0 Å². The van der Waals surface area contributed by atoms with Crippen molar-refractivity contribution in [3.8, 4) is 0 Å². The Morgan fingerprint density at radius 3 is 2.58 bits per heavy atom. The second-order valence-electron chi connectivity index (χ2n) is 6.54. The van der Waals surface area contributed by atoms with Gasteiger partial charge in [-0.1, -0.05) is 32.0 Å². The van der Waals surface area contributed by atoms with Gasteiger partial charge in [0.15, 0.2) is 17.4 Å². The highest BCUT2D eigenvalue weighted by Crippen LogP contribution is 2.19. The zero-order valence-electron chi connectivity index (χ0n) is 15.6. The van der Waals surface area contributed by atoms with E-state index in [0.29, 0.717) is 11.0 Å². The third-order valence-corrected chi connectivity index (χ3v) is 4.59. The summed E-state index contributed by atoms with van der Waals surface area (Å²) in [5, 5.41) is 8.27. The van der Waals surface area contributed by atoms with Crippen LogP contribution in [0.25, 0.3) is 0 Å². The summed E-state index contributed by atoms with van der Waals surface area (Å²) in [6, 6.07) is 5.75. The molecule has 0 saturated carbocycles. The van der Waals surface area contributed by atoms with Crippen molar-refractivity contribution in [3.63, 3.8) is 0 Å². The Bertz CT molecular complexity index is 751. The number of nitrogens with zero attached hydrogens (tertiary/aromatic N) is 1. The fourth-order valence-electron chi connectivity index (χ4n) is 2.31. The molecule has 1 aromatic carbocycles. The maximum Gasteiger partial charge on any atom is 0.358 e. The predicted molar refractivity (Wildman–Crippen MR) is 105 cm³/mol. The molecule has 0 fully saturated rings. The lowest BCUT2D eigenvalue weighted by molar-refractivity contribution is -0.119. The van der Waals surface area contributed by atoms with E-state index < -0.39 is 5.97 Å². The van der Waals surface area contributed by atoms with Crippen LogP contribution in [0.5, 0.6) is 0 Å². The van der Waals surface area contributed by atoms with Crippen molar-refractivity contribution in [3.05, 3.63) is 40.4 Å². The molecule has 1 heterocycles. The lowest BCUT2D eigenvalue weighted by Crippen LogP contribution is -2.22. The molecule has 0 aliphatic heterocycles. The van der Waals surface area contributed by atoms with Gasteiger partial charge in [-0.05, 0) is 37.3 Å². The molecular weight excluding hydrogens is 350 g/mol. The number of hydrogen-bond acceptors (Lipinski definition) is 6. The van der Waals surface area contributed by atoms with E-state index in [1.165, 1.54) is 11.3 Å². The fourth-order valence-corrected chi connectivity index (χ4v) is 3.02. The highest BCUT2D eigenvalue weighted by atomic mass is 32.1. The predicted octanol–water partition coefficient (Wildman–Crippen LogP) is 4.01. The number of anilines is 2. The van der Waals surface area contributed by atoms with E-state index in [-0.39, 0.29) is 18.2 Å². The van der Waals surface area contributed by atoms with Gasteiger partial charge in [-0.3, -0.25) is 4.79 Å². The molecule has 0 aliphatic rings. The average molecular weight is 375 g/mol. The summed E-state index contributed by atoms with van der Waals surface area (Å²) < 4.78 is 5.06. The molecular formula is C19H25N3O3S. The van der Waals surface area contributed by atoms with Crippen molar-refractivity contribution in [1.82, 2.24) is 4.98 Å². The smallest absolute Gasteiger partial charge is 0.358 e. The van der Waals surface area contributed by atoms with Crippen molar-refractivity contribution in [2.24, 2.45) is 5.92 Å². The normalized spacial score (nSPS) is 10.7. The minimum Gasteiger partial charge on any atom is -0.451 e. The van der Waals surface area contributed by atoms with Gasteiger partial charge >= 0.3 is 5.97 Å². The lowest BCUT2D eigenvalue weighted by Gasteiger charge is -2.11. The van der Waals surface area contributed by atoms with Crippen LogP contribution >= 0.6 is 11.3 Å². The number of carbonyl (C=O) groups is 2. The molecule has 26 heavy (non-hydrogen) atoms.